The lowest BCUT2D eigenvalue weighted by Crippen LogP contribution is -2.23. The number of carbonyl (C=O) groups is 1. The van der Waals surface area contributed by atoms with Crippen LogP contribution in [0.2, 0.25) is 5.02 Å². The van der Waals surface area contributed by atoms with Gasteiger partial charge in [-0.3, -0.25) is 9.78 Å². The minimum Gasteiger partial charge on any atom is -0.434 e. The van der Waals surface area contributed by atoms with E-state index in [0.717, 1.165) is 12.3 Å². The molecule has 25 heavy (non-hydrogen) atoms. The molecule has 6 nitrogen and oxygen atoms in total. The summed E-state index contributed by atoms with van der Waals surface area (Å²) in [6.45, 7) is -6.30. The van der Waals surface area contributed by atoms with Crippen molar-refractivity contribution in [3.05, 3.63) is 46.9 Å². The molecule has 11 heteroatoms. The van der Waals surface area contributed by atoms with Gasteiger partial charge in [-0.2, -0.15) is 17.6 Å². The molecule has 0 aliphatic rings. The van der Waals surface area contributed by atoms with Crippen LogP contribution in [0.5, 0.6) is 11.6 Å². The lowest BCUT2D eigenvalue weighted by molar-refractivity contribution is -0.0529. The van der Waals surface area contributed by atoms with Crippen LogP contribution in [0.3, 0.4) is 0 Å². The van der Waals surface area contributed by atoms with Crippen LogP contribution in [0.1, 0.15) is 15.9 Å². The highest BCUT2D eigenvalue weighted by atomic mass is 35.5. The monoisotopic (exact) mass is 379 g/mol. The molecule has 0 aliphatic heterocycles. The number of alkyl halides is 4. The van der Waals surface area contributed by atoms with E-state index in [9.17, 15) is 22.4 Å². The Labute approximate surface area is 143 Å². The van der Waals surface area contributed by atoms with E-state index in [-0.39, 0.29) is 28.4 Å². The zero-order chi connectivity index (χ0) is 18.4. The summed E-state index contributed by atoms with van der Waals surface area (Å²) in [6.07, 6.45) is 3.50. The van der Waals surface area contributed by atoms with E-state index in [2.05, 4.69) is 24.8 Å². The molecule has 0 saturated carbocycles. The minimum absolute atomic E-state index is 0.0353. The summed E-state index contributed by atoms with van der Waals surface area (Å²) in [5, 5.41) is 2.14. The summed E-state index contributed by atoms with van der Waals surface area (Å²) in [7, 11) is 0. The Morgan fingerprint density at radius 2 is 1.92 bits per heavy atom. The number of ether oxygens (including phenoxy) is 2. The van der Waals surface area contributed by atoms with E-state index < -0.39 is 25.0 Å². The fourth-order valence-electron chi connectivity index (χ4n) is 1.76. The van der Waals surface area contributed by atoms with Gasteiger partial charge in [0, 0.05) is 30.7 Å². The molecule has 0 unspecified atom stereocenters. The Hall–Kier alpha value is -2.62. The molecule has 0 radical (unpaired) electrons. The highest BCUT2D eigenvalue weighted by molar-refractivity contribution is 6.32. The molecule has 134 valence electrons. The molecule has 0 aliphatic carbocycles. The van der Waals surface area contributed by atoms with E-state index in [1.165, 1.54) is 18.5 Å². The maximum Gasteiger partial charge on any atom is 0.388 e. The average Bonchev–Trinajstić information content (AvgIpc) is 2.54. The molecule has 0 bridgehead atoms. The standard InChI is InChI=1S/C14H10ClF4N3O3/c15-9-3-7(5-22-12(9)25-14(18)19)11(23)21-6-8-4-20-2-1-10(8)24-13(16)17/h1-5,13-14H,6H2,(H,21,23). The molecule has 0 atom stereocenters. The lowest BCUT2D eigenvalue weighted by Gasteiger charge is -2.11. The quantitative estimate of drug-likeness (QED) is 0.747. The number of pyridine rings is 2. The predicted molar refractivity (Wildman–Crippen MR) is 77.9 cm³/mol. The minimum atomic E-state index is -3.11. The number of carbonyl (C=O) groups excluding carboxylic acids is 1. The van der Waals surface area contributed by atoms with E-state index in [4.69, 9.17) is 11.6 Å². The summed E-state index contributed by atoms with van der Waals surface area (Å²) in [5.74, 6) is -1.32. The second-order valence-corrected chi connectivity index (χ2v) is 4.84. The van der Waals surface area contributed by atoms with Gasteiger partial charge in [0.1, 0.15) is 10.8 Å². The molecule has 2 rings (SSSR count). The first-order chi connectivity index (χ1) is 11.9. The molecule has 1 amide bonds. The second-order valence-electron chi connectivity index (χ2n) is 4.43. The van der Waals surface area contributed by atoms with Crippen LogP contribution in [-0.4, -0.2) is 29.1 Å². The first-order valence-electron chi connectivity index (χ1n) is 6.63. The second kappa shape index (κ2) is 8.47. The summed E-state index contributed by atoms with van der Waals surface area (Å²) in [4.78, 5) is 19.3. The van der Waals surface area contributed by atoms with Crippen molar-refractivity contribution in [1.29, 1.82) is 0 Å². The Morgan fingerprint density at radius 3 is 2.56 bits per heavy atom. The molecular weight excluding hydrogens is 370 g/mol. The van der Waals surface area contributed by atoms with E-state index in [1.807, 2.05) is 0 Å². The molecular formula is C14H10ClF4N3O3. The number of aromatic nitrogens is 2. The SMILES string of the molecule is O=C(NCc1cnccc1OC(F)F)c1cnc(OC(F)F)c(Cl)c1. The number of hydrogen-bond donors (Lipinski definition) is 1. The highest BCUT2D eigenvalue weighted by Crippen LogP contribution is 2.24. The van der Waals surface area contributed by atoms with Crippen molar-refractivity contribution in [3.63, 3.8) is 0 Å². The summed E-state index contributed by atoms with van der Waals surface area (Å²) in [6, 6.07) is 2.31. The van der Waals surface area contributed by atoms with Crippen molar-refractivity contribution in [2.45, 2.75) is 19.8 Å². The van der Waals surface area contributed by atoms with Gasteiger partial charge < -0.3 is 14.8 Å². The molecule has 0 spiro atoms. The number of halogens is 5. The van der Waals surface area contributed by atoms with Crippen LogP contribution in [0.25, 0.3) is 0 Å². The van der Waals surface area contributed by atoms with Crippen molar-refractivity contribution >= 4 is 17.5 Å². The van der Waals surface area contributed by atoms with Crippen molar-refractivity contribution in [2.75, 3.05) is 0 Å². The third-order valence-corrected chi connectivity index (χ3v) is 3.06. The van der Waals surface area contributed by atoms with Gasteiger partial charge in [0.25, 0.3) is 5.91 Å². The maximum absolute atomic E-state index is 12.3. The third-order valence-electron chi connectivity index (χ3n) is 2.78. The van der Waals surface area contributed by atoms with Gasteiger partial charge in [0.2, 0.25) is 5.88 Å². The zero-order valence-electron chi connectivity index (χ0n) is 12.3. The molecule has 0 saturated heterocycles. The summed E-state index contributed by atoms with van der Waals surface area (Å²) >= 11 is 5.70. The Balaban J connectivity index is 2.05. The largest absolute Gasteiger partial charge is 0.434 e. The topological polar surface area (TPSA) is 73.3 Å². The van der Waals surface area contributed by atoms with Crippen molar-refractivity contribution in [2.24, 2.45) is 0 Å². The predicted octanol–water partition coefficient (Wildman–Crippen LogP) is 3.26. The third kappa shape index (κ3) is 5.45. The van der Waals surface area contributed by atoms with E-state index >= 15 is 0 Å². The molecule has 2 aromatic heterocycles. The van der Waals surface area contributed by atoms with Gasteiger partial charge in [0.05, 0.1) is 5.56 Å². The number of amides is 1. The van der Waals surface area contributed by atoms with Crippen LogP contribution in [0.15, 0.2) is 30.7 Å². The highest BCUT2D eigenvalue weighted by Gasteiger charge is 2.15. The van der Waals surface area contributed by atoms with Crippen molar-refractivity contribution in [1.82, 2.24) is 15.3 Å². The molecule has 2 heterocycles. The number of nitrogens with zero attached hydrogens (tertiary/aromatic N) is 2. The Bertz CT molecular complexity index is 749. The number of nitrogens with one attached hydrogen (secondary N) is 1. The molecule has 0 aromatic carbocycles. The van der Waals surface area contributed by atoms with Crippen molar-refractivity contribution < 1.29 is 31.8 Å². The van der Waals surface area contributed by atoms with Gasteiger partial charge in [-0.25, -0.2) is 4.98 Å². The van der Waals surface area contributed by atoms with E-state index in [0.29, 0.717) is 0 Å². The van der Waals surface area contributed by atoms with Gasteiger partial charge in [-0.1, -0.05) is 11.6 Å². The van der Waals surface area contributed by atoms with Gasteiger partial charge in [0.15, 0.2) is 0 Å². The van der Waals surface area contributed by atoms with E-state index in [1.54, 1.807) is 0 Å². The summed E-state index contributed by atoms with van der Waals surface area (Å²) < 4.78 is 57.3. The normalized spacial score (nSPS) is 10.8. The molecule has 1 N–H and O–H groups in total. The van der Waals surface area contributed by atoms with Crippen LogP contribution in [0.4, 0.5) is 17.6 Å². The number of hydrogen-bond acceptors (Lipinski definition) is 5. The average molecular weight is 380 g/mol. The molecule has 0 fully saturated rings. The zero-order valence-corrected chi connectivity index (χ0v) is 13.0. The van der Waals surface area contributed by atoms with Gasteiger partial charge in [-0.15, -0.1) is 0 Å². The lowest BCUT2D eigenvalue weighted by atomic mass is 10.2. The first-order valence-corrected chi connectivity index (χ1v) is 7.01. The van der Waals surface area contributed by atoms with Gasteiger partial charge in [-0.05, 0) is 12.1 Å². The van der Waals surface area contributed by atoms with Crippen LogP contribution < -0.4 is 14.8 Å². The summed E-state index contributed by atoms with van der Waals surface area (Å²) in [5.41, 5.74) is 0.180. The molecule has 2 aromatic rings. The fourth-order valence-corrected chi connectivity index (χ4v) is 1.97. The van der Waals surface area contributed by atoms with Gasteiger partial charge >= 0.3 is 13.2 Å². The van der Waals surface area contributed by atoms with Crippen LogP contribution in [-0.2, 0) is 6.54 Å². The van der Waals surface area contributed by atoms with Crippen LogP contribution >= 0.6 is 11.6 Å². The smallest absolute Gasteiger partial charge is 0.388 e. The van der Waals surface area contributed by atoms with Crippen molar-refractivity contribution in [3.8, 4) is 11.6 Å². The Kier molecular flexibility index (Phi) is 6.34. The Morgan fingerprint density at radius 1 is 1.20 bits per heavy atom. The first kappa shape index (κ1) is 18.7. The number of rotatable bonds is 7. The van der Waals surface area contributed by atoms with Crippen LogP contribution in [0, 0.1) is 0 Å². The maximum atomic E-state index is 12.3. The fraction of sp³-hybridized carbons (Fsp3) is 0.214.